The first kappa shape index (κ1) is 21.6. The van der Waals surface area contributed by atoms with Crippen LogP contribution in [0.15, 0.2) is 30.5 Å². The van der Waals surface area contributed by atoms with Gasteiger partial charge in [0.25, 0.3) is 0 Å². The van der Waals surface area contributed by atoms with Crippen LogP contribution in [0.2, 0.25) is 5.02 Å². The predicted octanol–water partition coefficient (Wildman–Crippen LogP) is 1.61. The summed E-state index contributed by atoms with van der Waals surface area (Å²) in [7, 11) is 0. The van der Waals surface area contributed by atoms with Crippen molar-refractivity contribution < 1.29 is 14.5 Å². The fraction of sp³-hybridized carbons (Fsp3) is 0.421. The normalized spacial score (nSPS) is 13.9. The molecule has 2 amide bonds. The van der Waals surface area contributed by atoms with Crippen LogP contribution in [0.25, 0.3) is 0 Å². The van der Waals surface area contributed by atoms with Crippen LogP contribution in [0, 0.1) is 17.0 Å². The van der Waals surface area contributed by atoms with Gasteiger partial charge in [-0.3, -0.25) is 9.59 Å². The molecule has 0 saturated carbocycles. The molecule has 0 aliphatic carbocycles. The van der Waals surface area contributed by atoms with E-state index in [4.69, 9.17) is 11.6 Å². The molecule has 0 radical (unpaired) electrons. The maximum Gasteiger partial charge on any atom is 0.381 e. The third-order valence-corrected chi connectivity index (χ3v) is 5.24. The van der Waals surface area contributed by atoms with Crippen molar-refractivity contribution in [3.63, 3.8) is 0 Å². The quantitative estimate of drug-likeness (QED) is 0.523. The lowest BCUT2D eigenvalue weighted by molar-refractivity contribution is -0.389. The second kappa shape index (κ2) is 9.57. The Kier molecular flexibility index (Phi) is 6.88. The zero-order chi connectivity index (χ0) is 21.7. The molecule has 0 bridgehead atoms. The number of carbonyl (C=O) groups is 2. The average Bonchev–Trinajstić information content (AvgIpc) is 3.12. The fourth-order valence-corrected chi connectivity index (χ4v) is 3.39. The molecule has 1 aliphatic heterocycles. The van der Waals surface area contributed by atoms with Crippen molar-refractivity contribution in [2.45, 2.75) is 19.9 Å². The highest BCUT2D eigenvalue weighted by Gasteiger charge is 2.22. The minimum atomic E-state index is -0.574. The lowest BCUT2D eigenvalue weighted by atomic mass is 10.2. The van der Waals surface area contributed by atoms with Crippen molar-refractivity contribution in [3.8, 4) is 0 Å². The number of aromatic nitrogens is 2. The number of amides is 2. The third kappa shape index (κ3) is 5.47. The van der Waals surface area contributed by atoms with E-state index >= 15 is 0 Å². The van der Waals surface area contributed by atoms with Crippen molar-refractivity contribution in [1.29, 1.82) is 0 Å². The van der Waals surface area contributed by atoms with Crippen molar-refractivity contribution in [3.05, 3.63) is 51.4 Å². The van der Waals surface area contributed by atoms with Gasteiger partial charge in [-0.25, -0.2) is 0 Å². The van der Waals surface area contributed by atoms with Gasteiger partial charge in [-0.15, -0.1) is 0 Å². The number of hydrogen-bond acceptors (Lipinski definition) is 6. The zero-order valence-electron chi connectivity index (χ0n) is 16.6. The number of nitrogens with one attached hydrogen (secondary N) is 1. The van der Waals surface area contributed by atoms with Crippen LogP contribution < -0.4 is 10.2 Å². The Morgan fingerprint density at radius 2 is 1.87 bits per heavy atom. The van der Waals surface area contributed by atoms with Gasteiger partial charge in [0.1, 0.15) is 6.20 Å². The van der Waals surface area contributed by atoms with Crippen molar-refractivity contribution in [2.24, 2.45) is 0 Å². The first-order chi connectivity index (χ1) is 14.3. The van der Waals surface area contributed by atoms with Crippen LogP contribution in [0.5, 0.6) is 0 Å². The number of imidazole rings is 1. The van der Waals surface area contributed by atoms with E-state index in [1.54, 1.807) is 16.4 Å². The Hall–Kier alpha value is -3.14. The number of nitro groups is 1. The van der Waals surface area contributed by atoms with Gasteiger partial charge < -0.3 is 29.8 Å². The molecule has 160 valence electrons. The van der Waals surface area contributed by atoms with Gasteiger partial charge in [-0.05, 0) is 34.2 Å². The van der Waals surface area contributed by atoms with E-state index in [0.29, 0.717) is 37.0 Å². The summed E-state index contributed by atoms with van der Waals surface area (Å²) in [5.74, 6) is -0.211. The standard InChI is InChI=1S/C19H23ClN6O4/c1-14-22-17(26(29)30)13-25(14)7-6-18(27)21-12-19(28)24-10-8-23(9-11-24)16-4-2-15(20)3-5-16/h2-5,13H,6-12H2,1H3,(H,21,27). The Morgan fingerprint density at radius 1 is 1.20 bits per heavy atom. The van der Waals surface area contributed by atoms with Gasteiger partial charge in [0.2, 0.25) is 17.6 Å². The number of piperazine rings is 1. The van der Waals surface area contributed by atoms with Crippen LogP contribution >= 0.6 is 11.6 Å². The van der Waals surface area contributed by atoms with Gasteiger partial charge >= 0.3 is 5.82 Å². The van der Waals surface area contributed by atoms with Crippen LogP contribution in [0.1, 0.15) is 12.2 Å². The van der Waals surface area contributed by atoms with E-state index < -0.39 is 4.92 Å². The molecule has 30 heavy (non-hydrogen) atoms. The molecule has 1 fully saturated rings. The van der Waals surface area contributed by atoms with Crippen molar-refractivity contribution in [2.75, 3.05) is 37.6 Å². The summed E-state index contributed by atoms with van der Waals surface area (Å²) in [5.41, 5.74) is 1.06. The maximum atomic E-state index is 12.4. The summed E-state index contributed by atoms with van der Waals surface area (Å²) in [6.07, 6.45) is 1.40. The summed E-state index contributed by atoms with van der Waals surface area (Å²) < 4.78 is 1.55. The molecule has 1 N–H and O–H groups in total. The number of anilines is 1. The van der Waals surface area contributed by atoms with E-state index in [1.807, 2.05) is 24.3 Å². The topological polar surface area (TPSA) is 114 Å². The van der Waals surface area contributed by atoms with Crippen molar-refractivity contribution in [1.82, 2.24) is 19.8 Å². The number of nitrogens with zero attached hydrogens (tertiary/aromatic N) is 5. The zero-order valence-corrected chi connectivity index (χ0v) is 17.3. The highest BCUT2D eigenvalue weighted by atomic mass is 35.5. The molecule has 1 saturated heterocycles. The molecule has 0 unspecified atom stereocenters. The molecule has 11 heteroatoms. The minimum absolute atomic E-state index is 0.0666. The molecule has 1 aromatic carbocycles. The van der Waals surface area contributed by atoms with Crippen LogP contribution in [-0.2, 0) is 16.1 Å². The van der Waals surface area contributed by atoms with E-state index in [2.05, 4.69) is 15.2 Å². The number of aryl methyl sites for hydroxylation is 2. The van der Waals surface area contributed by atoms with Gasteiger partial charge in [0, 0.05) is 56.8 Å². The minimum Gasteiger partial charge on any atom is -0.368 e. The van der Waals surface area contributed by atoms with Gasteiger partial charge in [-0.2, -0.15) is 0 Å². The molecule has 1 aromatic heterocycles. The smallest absolute Gasteiger partial charge is 0.368 e. The number of hydrogen-bond donors (Lipinski definition) is 1. The van der Waals surface area contributed by atoms with Crippen LogP contribution in [0.3, 0.4) is 0 Å². The van der Waals surface area contributed by atoms with E-state index in [9.17, 15) is 19.7 Å². The van der Waals surface area contributed by atoms with Gasteiger partial charge in [-0.1, -0.05) is 11.6 Å². The Morgan fingerprint density at radius 3 is 2.47 bits per heavy atom. The van der Waals surface area contributed by atoms with Crippen molar-refractivity contribution >= 4 is 34.9 Å². The Labute approximate surface area is 178 Å². The molecular weight excluding hydrogens is 412 g/mol. The molecule has 0 spiro atoms. The third-order valence-electron chi connectivity index (χ3n) is 4.99. The van der Waals surface area contributed by atoms with E-state index in [-0.39, 0.29) is 37.1 Å². The van der Waals surface area contributed by atoms with Gasteiger partial charge in [0.05, 0.1) is 6.54 Å². The summed E-state index contributed by atoms with van der Waals surface area (Å²) in [6, 6.07) is 7.59. The molecule has 2 heterocycles. The molecule has 0 atom stereocenters. The number of rotatable bonds is 7. The Bertz CT molecular complexity index is 922. The highest BCUT2D eigenvalue weighted by Crippen LogP contribution is 2.19. The summed E-state index contributed by atoms with van der Waals surface area (Å²) in [4.78, 5) is 42.3. The SMILES string of the molecule is Cc1nc([N+](=O)[O-])cn1CCC(=O)NCC(=O)N1CCN(c2ccc(Cl)cc2)CC1. The second-order valence-electron chi connectivity index (χ2n) is 6.97. The summed E-state index contributed by atoms with van der Waals surface area (Å²) >= 11 is 5.92. The number of halogens is 1. The summed E-state index contributed by atoms with van der Waals surface area (Å²) in [6.45, 7) is 4.40. The first-order valence-corrected chi connectivity index (χ1v) is 9.94. The Balaban J connectivity index is 1.39. The van der Waals surface area contributed by atoms with Crippen LogP contribution in [0.4, 0.5) is 11.5 Å². The number of benzene rings is 1. The monoisotopic (exact) mass is 434 g/mol. The highest BCUT2D eigenvalue weighted by molar-refractivity contribution is 6.30. The molecule has 3 rings (SSSR count). The fourth-order valence-electron chi connectivity index (χ4n) is 3.27. The van der Waals surface area contributed by atoms with Crippen LogP contribution in [-0.4, -0.2) is 63.9 Å². The largest absolute Gasteiger partial charge is 0.381 e. The van der Waals surface area contributed by atoms with E-state index in [0.717, 1.165) is 5.69 Å². The van der Waals surface area contributed by atoms with Gasteiger partial charge in [0.15, 0.2) is 0 Å². The first-order valence-electron chi connectivity index (χ1n) is 9.56. The summed E-state index contributed by atoms with van der Waals surface area (Å²) in [5, 5.41) is 14.1. The lowest BCUT2D eigenvalue weighted by Gasteiger charge is -2.36. The average molecular weight is 435 g/mol. The number of carbonyl (C=O) groups excluding carboxylic acids is 2. The predicted molar refractivity (Wildman–Crippen MR) is 111 cm³/mol. The molecule has 1 aliphatic rings. The maximum absolute atomic E-state index is 12.4. The van der Waals surface area contributed by atoms with E-state index in [1.165, 1.54) is 6.20 Å². The molecule has 2 aromatic rings. The molecular formula is C19H23ClN6O4. The lowest BCUT2D eigenvalue weighted by Crippen LogP contribution is -2.51. The molecule has 10 nitrogen and oxygen atoms in total. The second-order valence-corrected chi connectivity index (χ2v) is 7.40.